The van der Waals surface area contributed by atoms with Crippen molar-refractivity contribution < 1.29 is 14.6 Å². The summed E-state index contributed by atoms with van der Waals surface area (Å²) in [5, 5.41) is 14.8. The Balaban J connectivity index is 1.31. The first-order valence-corrected chi connectivity index (χ1v) is 12.5. The number of nitrogens with zero attached hydrogens (tertiary/aromatic N) is 1. The van der Waals surface area contributed by atoms with Crippen molar-refractivity contribution in [2.45, 2.75) is 32.3 Å². The molecule has 0 radical (unpaired) electrons. The molecule has 5 nitrogen and oxygen atoms in total. The number of hydrogen-bond donors (Lipinski definition) is 2. The molecule has 5 heteroatoms. The first kappa shape index (κ1) is 25.0. The molecule has 3 aromatic carbocycles. The fourth-order valence-electron chi connectivity index (χ4n) is 5.13. The van der Waals surface area contributed by atoms with E-state index in [9.17, 15) is 9.90 Å². The Labute approximate surface area is 208 Å². The summed E-state index contributed by atoms with van der Waals surface area (Å²) in [5.41, 5.74) is 1.73. The van der Waals surface area contributed by atoms with Gasteiger partial charge in [-0.15, -0.1) is 0 Å². The number of likely N-dealkylation sites (tertiary alicyclic amines) is 1. The Morgan fingerprint density at radius 1 is 0.971 bits per heavy atom. The van der Waals surface area contributed by atoms with E-state index in [1.807, 2.05) is 84.9 Å². The topological polar surface area (TPSA) is 61.8 Å². The number of carbonyl (C=O) groups excluding carboxylic acids is 1. The van der Waals surface area contributed by atoms with Gasteiger partial charge >= 0.3 is 0 Å². The highest BCUT2D eigenvalue weighted by Gasteiger charge is 2.41. The summed E-state index contributed by atoms with van der Waals surface area (Å²) >= 11 is 0. The van der Waals surface area contributed by atoms with Gasteiger partial charge in [-0.3, -0.25) is 4.79 Å². The van der Waals surface area contributed by atoms with Crippen LogP contribution in [0.3, 0.4) is 0 Å². The number of carbonyl (C=O) groups is 1. The van der Waals surface area contributed by atoms with Gasteiger partial charge in [-0.1, -0.05) is 67.6 Å². The minimum absolute atomic E-state index is 0.0814. The van der Waals surface area contributed by atoms with E-state index in [1.165, 1.54) is 6.92 Å². The van der Waals surface area contributed by atoms with Crippen LogP contribution in [0, 0.1) is 11.8 Å². The van der Waals surface area contributed by atoms with E-state index in [0.29, 0.717) is 12.5 Å². The molecule has 35 heavy (non-hydrogen) atoms. The molecule has 1 heterocycles. The van der Waals surface area contributed by atoms with Gasteiger partial charge in [0.25, 0.3) is 0 Å². The molecule has 1 amide bonds. The summed E-state index contributed by atoms with van der Waals surface area (Å²) < 4.78 is 5.98. The molecule has 0 saturated carbocycles. The Bertz CT molecular complexity index is 1020. The van der Waals surface area contributed by atoms with Crippen molar-refractivity contribution in [3.05, 3.63) is 96.1 Å². The minimum Gasteiger partial charge on any atom is -0.493 e. The lowest BCUT2D eigenvalue weighted by Crippen LogP contribution is -2.45. The highest BCUT2D eigenvalue weighted by molar-refractivity contribution is 5.88. The standard InChI is InChI=1S/C30H36N2O3/c1-23(22-35-29-15-13-28(14-16-29)31-24(2)33)21-32-19-17-27(18-20-32)30(34,25-9-5-3-6-10-25)26-11-7-4-8-12-26/h3-16,23,27,34H,17-22H2,1-2H3,(H,31,33). The number of hydrogen-bond acceptors (Lipinski definition) is 4. The second-order valence-electron chi connectivity index (χ2n) is 9.70. The molecular weight excluding hydrogens is 436 g/mol. The number of nitrogens with one attached hydrogen (secondary N) is 1. The second-order valence-corrected chi connectivity index (χ2v) is 9.70. The summed E-state index contributed by atoms with van der Waals surface area (Å²) in [6.45, 7) is 7.23. The van der Waals surface area contributed by atoms with Gasteiger partial charge in [-0.2, -0.15) is 0 Å². The zero-order valence-corrected chi connectivity index (χ0v) is 20.7. The number of ether oxygens (including phenoxy) is 1. The van der Waals surface area contributed by atoms with E-state index >= 15 is 0 Å². The van der Waals surface area contributed by atoms with Crippen molar-refractivity contribution in [1.82, 2.24) is 4.90 Å². The smallest absolute Gasteiger partial charge is 0.221 e. The highest BCUT2D eigenvalue weighted by atomic mass is 16.5. The summed E-state index contributed by atoms with van der Waals surface area (Å²) in [5.74, 6) is 1.27. The molecule has 0 aromatic heterocycles. The SMILES string of the molecule is CC(=O)Nc1ccc(OCC(C)CN2CCC(C(O)(c3ccccc3)c3ccccc3)CC2)cc1. The molecule has 2 N–H and O–H groups in total. The first-order chi connectivity index (χ1) is 16.9. The lowest BCUT2D eigenvalue weighted by atomic mass is 9.72. The molecule has 1 saturated heterocycles. The summed E-state index contributed by atoms with van der Waals surface area (Å²) in [6, 6.07) is 27.7. The summed E-state index contributed by atoms with van der Waals surface area (Å²) in [7, 11) is 0. The summed E-state index contributed by atoms with van der Waals surface area (Å²) in [6.07, 6.45) is 1.89. The second kappa shape index (κ2) is 11.5. The first-order valence-electron chi connectivity index (χ1n) is 12.5. The lowest BCUT2D eigenvalue weighted by Gasteiger charge is -2.42. The van der Waals surface area contributed by atoms with Gasteiger partial charge in [-0.05, 0) is 67.2 Å². The van der Waals surface area contributed by atoms with E-state index in [2.05, 4.69) is 17.1 Å². The molecule has 4 rings (SSSR count). The van der Waals surface area contributed by atoms with Gasteiger partial charge in [0.15, 0.2) is 0 Å². The molecule has 1 unspecified atom stereocenters. The van der Waals surface area contributed by atoms with Crippen LogP contribution in [0.5, 0.6) is 5.75 Å². The fourth-order valence-corrected chi connectivity index (χ4v) is 5.13. The van der Waals surface area contributed by atoms with E-state index < -0.39 is 5.60 Å². The van der Waals surface area contributed by atoms with Crippen molar-refractivity contribution >= 4 is 11.6 Å². The molecule has 184 valence electrons. The van der Waals surface area contributed by atoms with Crippen LogP contribution in [0.4, 0.5) is 5.69 Å². The zero-order chi connectivity index (χ0) is 24.7. The molecule has 0 spiro atoms. The van der Waals surface area contributed by atoms with Crippen molar-refractivity contribution in [2.75, 3.05) is 31.6 Å². The number of piperidine rings is 1. The molecule has 1 aliphatic heterocycles. The van der Waals surface area contributed by atoms with Crippen LogP contribution >= 0.6 is 0 Å². The van der Waals surface area contributed by atoms with Gasteiger partial charge in [0.1, 0.15) is 11.4 Å². The highest BCUT2D eigenvalue weighted by Crippen LogP contribution is 2.41. The number of benzene rings is 3. The van der Waals surface area contributed by atoms with Crippen molar-refractivity contribution in [3.63, 3.8) is 0 Å². The van der Waals surface area contributed by atoms with Gasteiger partial charge in [0.2, 0.25) is 5.91 Å². The molecule has 0 aliphatic carbocycles. The van der Waals surface area contributed by atoms with Crippen LogP contribution in [0.15, 0.2) is 84.9 Å². The quantitative estimate of drug-likeness (QED) is 0.443. The van der Waals surface area contributed by atoms with Gasteiger partial charge < -0.3 is 20.1 Å². The fraction of sp³-hybridized carbons (Fsp3) is 0.367. The van der Waals surface area contributed by atoms with Crippen LogP contribution in [0.1, 0.15) is 37.8 Å². The maximum atomic E-state index is 12.1. The molecule has 1 fully saturated rings. The van der Waals surface area contributed by atoms with E-state index in [0.717, 1.165) is 55.0 Å². The van der Waals surface area contributed by atoms with E-state index in [4.69, 9.17) is 4.74 Å². The van der Waals surface area contributed by atoms with Crippen LogP contribution in [0.2, 0.25) is 0 Å². The third-order valence-corrected chi connectivity index (χ3v) is 6.89. The maximum Gasteiger partial charge on any atom is 0.221 e. The Morgan fingerprint density at radius 2 is 1.51 bits per heavy atom. The molecular formula is C30H36N2O3. The number of rotatable bonds is 9. The third kappa shape index (κ3) is 6.30. The number of amides is 1. The normalized spacial score (nSPS) is 16.0. The van der Waals surface area contributed by atoms with E-state index in [-0.39, 0.29) is 11.8 Å². The Morgan fingerprint density at radius 3 is 2.03 bits per heavy atom. The van der Waals surface area contributed by atoms with Gasteiger partial charge in [-0.25, -0.2) is 0 Å². The van der Waals surface area contributed by atoms with Crippen LogP contribution in [-0.2, 0) is 10.4 Å². The molecule has 1 aliphatic rings. The third-order valence-electron chi connectivity index (χ3n) is 6.89. The number of aliphatic hydroxyl groups is 1. The van der Waals surface area contributed by atoms with Crippen LogP contribution in [-0.4, -0.2) is 42.2 Å². The van der Waals surface area contributed by atoms with Crippen molar-refractivity contribution in [1.29, 1.82) is 0 Å². The maximum absolute atomic E-state index is 12.1. The van der Waals surface area contributed by atoms with Crippen molar-refractivity contribution in [2.24, 2.45) is 11.8 Å². The molecule has 3 aromatic rings. The Hall–Kier alpha value is -3.15. The van der Waals surface area contributed by atoms with Crippen LogP contribution in [0.25, 0.3) is 0 Å². The summed E-state index contributed by atoms with van der Waals surface area (Å²) in [4.78, 5) is 13.6. The zero-order valence-electron chi connectivity index (χ0n) is 20.7. The van der Waals surface area contributed by atoms with Crippen LogP contribution < -0.4 is 10.1 Å². The monoisotopic (exact) mass is 472 g/mol. The minimum atomic E-state index is -0.979. The number of anilines is 1. The predicted octanol–water partition coefficient (Wildman–Crippen LogP) is 5.31. The average molecular weight is 473 g/mol. The predicted molar refractivity (Wildman–Crippen MR) is 140 cm³/mol. The van der Waals surface area contributed by atoms with Gasteiger partial charge in [0.05, 0.1) is 6.61 Å². The largest absolute Gasteiger partial charge is 0.493 e. The average Bonchev–Trinajstić information content (AvgIpc) is 2.89. The van der Waals surface area contributed by atoms with E-state index in [1.54, 1.807) is 0 Å². The van der Waals surface area contributed by atoms with Gasteiger partial charge in [0, 0.05) is 25.1 Å². The molecule has 1 atom stereocenters. The lowest BCUT2D eigenvalue weighted by molar-refractivity contribution is -0.114. The Kier molecular flexibility index (Phi) is 8.21. The molecule has 0 bridgehead atoms. The van der Waals surface area contributed by atoms with Crippen molar-refractivity contribution in [3.8, 4) is 5.75 Å².